The van der Waals surface area contributed by atoms with E-state index >= 15 is 0 Å². The lowest BCUT2D eigenvalue weighted by molar-refractivity contribution is -0.130. The topological polar surface area (TPSA) is 84.5 Å². The van der Waals surface area contributed by atoms with E-state index in [-0.39, 0.29) is 39.5 Å². The molecule has 2 rings (SSSR count). The Hall–Kier alpha value is -2.54. The molecule has 0 aliphatic heterocycles. The molecule has 188 valence electrons. The molecule has 0 aliphatic rings. The maximum absolute atomic E-state index is 12.7. The molecule has 35 heavy (non-hydrogen) atoms. The molecule has 0 aromatic heterocycles. The molecule has 6 nitrogen and oxygen atoms in total. The van der Waals surface area contributed by atoms with Crippen LogP contribution in [0.25, 0.3) is 0 Å². The van der Waals surface area contributed by atoms with E-state index in [0.29, 0.717) is 23.6 Å². The summed E-state index contributed by atoms with van der Waals surface area (Å²) in [7, 11) is 0. The largest absolute Gasteiger partial charge is 0.482 e. The van der Waals surface area contributed by atoms with Crippen LogP contribution in [0.1, 0.15) is 49.0 Å². The average molecular weight is 540 g/mol. The van der Waals surface area contributed by atoms with Crippen molar-refractivity contribution in [3.63, 3.8) is 0 Å². The number of ketones is 1. The maximum Gasteiger partial charge on any atom is 0.258 e. The highest BCUT2D eigenvalue weighted by Gasteiger charge is 2.22. The van der Waals surface area contributed by atoms with Gasteiger partial charge in [-0.2, -0.15) is 0 Å². The fourth-order valence-electron chi connectivity index (χ4n) is 3.13. The van der Waals surface area contributed by atoms with Crippen LogP contribution in [0.5, 0.6) is 5.75 Å². The molecule has 1 atom stereocenters. The van der Waals surface area contributed by atoms with E-state index < -0.39 is 18.6 Å². The predicted molar refractivity (Wildman–Crippen MR) is 141 cm³/mol. The van der Waals surface area contributed by atoms with Crippen molar-refractivity contribution in [2.75, 3.05) is 13.2 Å². The van der Waals surface area contributed by atoms with Gasteiger partial charge in [0, 0.05) is 23.6 Å². The molecule has 2 aromatic carbocycles. The predicted octanol–water partition coefficient (Wildman–Crippen LogP) is 5.82. The van der Waals surface area contributed by atoms with Gasteiger partial charge in [0.15, 0.2) is 12.4 Å². The normalized spacial score (nSPS) is 11.5. The van der Waals surface area contributed by atoms with Crippen LogP contribution in [0.15, 0.2) is 48.6 Å². The van der Waals surface area contributed by atoms with Gasteiger partial charge in [0.25, 0.3) is 5.91 Å². The van der Waals surface area contributed by atoms with Crippen molar-refractivity contribution in [3.8, 4) is 5.75 Å². The monoisotopic (exact) mass is 538 g/mol. The summed E-state index contributed by atoms with van der Waals surface area (Å²) in [4.78, 5) is 37.7. The van der Waals surface area contributed by atoms with E-state index in [0.717, 1.165) is 18.4 Å². The highest BCUT2D eigenvalue weighted by molar-refractivity contribution is 6.45. The van der Waals surface area contributed by atoms with Gasteiger partial charge in [0.05, 0.1) is 5.02 Å². The molecule has 0 bridgehead atoms. The highest BCUT2D eigenvalue weighted by Crippen LogP contribution is 2.35. The number of Topliss-reactive ketones (excluding diaryl/α,β-unsaturated/α-hetero) is 1. The van der Waals surface area contributed by atoms with Gasteiger partial charge in [-0.3, -0.25) is 14.4 Å². The van der Waals surface area contributed by atoms with Crippen molar-refractivity contribution >= 4 is 52.4 Å². The molecule has 0 heterocycles. The summed E-state index contributed by atoms with van der Waals surface area (Å²) < 4.78 is 5.53. The van der Waals surface area contributed by atoms with Gasteiger partial charge in [-0.15, -0.1) is 0 Å². The Bertz CT molecular complexity index is 1070. The van der Waals surface area contributed by atoms with Crippen molar-refractivity contribution < 1.29 is 19.1 Å². The summed E-state index contributed by atoms with van der Waals surface area (Å²) >= 11 is 18.5. The molecule has 0 saturated carbocycles. The van der Waals surface area contributed by atoms with Gasteiger partial charge >= 0.3 is 0 Å². The molecule has 0 aliphatic carbocycles. The standard InChI is InChI=1S/C26H29Cl3N2O4/c1-4-6-13-30-26(34)20(14-17-7-9-18(27)10-8-17)31-22(32)15-35-21-12-11-19(23(28)24(21)29)25(33)16(3)5-2/h7-12,20H,3-6,13-15H2,1-2H3,(H,30,34)(H,31,32)/t20-/m1/s1. The molecule has 9 heteroatoms. The first-order chi connectivity index (χ1) is 16.7. The van der Waals surface area contributed by atoms with Crippen molar-refractivity contribution in [3.05, 3.63) is 74.7 Å². The Morgan fingerprint density at radius 1 is 1.00 bits per heavy atom. The molecule has 0 saturated heterocycles. The Kier molecular flexibility index (Phi) is 11.6. The zero-order chi connectivity index (χ0) is 26.0. The first-order valence-corrected chi connectivity index (χ1v) is 12.5. The first kappa shape index (κ1) is 28.7. The minimum absolute atomic E-state index is 0.0178. The van der Waals surface area contributed by atoms with E-state index in [1.54, 1.807) is 24.3 Å². The summed E-state index contributed by atoms with van der Waals surface area (Å²) in [6.07, 6.45) is 2.53. The third-order valence-electron chi connectivity index (χ3n) is 5.23. The van der Waals surface area contributed by atoms with Crippen LogP contribution < -0.4 is 15.4 Å². The molecular weight excluding hydrogens is 511 g/mol. The number of nitrogens with one attached hydrogen (secondary N) is 2. The molecular formula is C26H29Cl3N2O4. The number of hydrogen-bond acceptors (Lipinski definition) is 4. The summed E-state index contributed by atoms with van der Waals surface area (Å²) in [5.41, 5.74) is 1.46. The number of halogens is 3. The summed E-state index contributed by atoms with van der Waals surface area (Å²) in [5.74, 6) is -0.960. The van der Waals surface area contributed by atoms with Crippen LogP contribution in [0, 0.1) is 0 Å². The van der Waals surface area contributed by atoms with Crippen molar-refractivity contribution in [1.82, 2.24) is 10.6 Å². The molecule has 2 N–H and O–H groups in total. The molecule has 0 fully saturated rings. The zero-order valence-electron chi connectivity index (χ0n) is 19.8. The number of amides is 2. The van der Waals surface area contributed by atoms with E-state index in [2.05, 4.69) is 17.2 Å². The number of allylic oxidation sites excluding steroid dienone is 1. The van der Waals surface area contributed by atoms with Crippen molar-refractivity contribution in [1.29, 1.82) is 0 Å². The van der Waals surface area contributed by atoms with E-state index in [4.69, 9.17) is 39.5 Å². The molecule has 2 aromatic rings. The zero-order valence-corrected chi connectivity index (χ0v) is 22.0. The molecule has 0 radical (unpaired) electrons. The summed E-state index contributed by atoms with van der Waals surface area (Å²) in [6, 6.07) is 9.20. The maximum atomic E-state index is 12.7. The lowest BCUT2D eigenvalue weighted by Gasteiger charge is -2.19. The fraction of sp³-hybridized carbons (Fsp3) is 0.346. The van der Waals surface area contributed by atoms with Gasteiger partial charge in [-0.05, 0) is 48.2 Å². The number of unbranched alkanes of at least 4 members (excludes halogenated alkanes) is 1. The highest BCUT2D eigenvalue weighted by atomic mass is 35.5. The van der Waals surface area contributed by atoms with Gasteiger partial charge in [0.2, 0.25) is 5.91 Å². The minimum Gasteiger partial charge on any atom is -0.482 e. The summed E-state index contributed by atoms with van der Waals surface area (Å²) in [5, 5.41) is 6.18. The first-order valence-electron chi connectivity index (χ1n) is 11.3. The number of carbonyl (C=O) groups is 3. The Balaban J connectivity index is 2.07. The van der Waals surface area contributed by atoms with Gasteiger partial charge in [0.1, 0.15) is 16.8 Å². The van der Waals surface area contributed by atoms with Gasteiger partial charge in [-0.25, -0.2) is 0 Å². The second kappa shape index (κ2) is 14.1. The van der Waals surface area contributed by atoms with Gasteiger partial charge < -0.3 is 15.4 Å². The number of ether oxygens (including phenoxy) is 1. The molecule has 0 unspecified atom stereocenters. The Labute approximate surface area is 221 Å². The van der Waals surface area contributed by atoms with Crippen LogP contribution in [0.3, 0.4) is 0 Å². The van der Waals surface area contributed by atoms with Gasteiger partial charge in [-0.1, -0.05) is 73.8 Å². The lowest BCUT2D eigenvalue weighted by Crippen LogP contribution is -2.49. The Morgan fingerprint density at radius 2 is 1.69 bits per heavy atom. The Morgan fingerprint density at radius 3 is 2.31 bits per heavy atom. The van der Waals surface area contributed by atoms with Crippen molar-refractivity contribution in [2.45, 2.75) is 45.6 Å². The lowest BCUT2D eigenvalue weighted by atomic mass is 10.0. The van der Waals surface area contributed by atoms with Crippen LogP contribution in [-0.2, 0) is 16.0 Å². The number of hydrogen-bond donors (Lipinski definition) is 2. The van der Waals surface area contributed by atoms with E-state index in [1.807, 2.05) is 13.8 Å². The van der Waals surface area contributed by atoms with Crippen LogP contribution in [0.2, 0.25) is 15.1 Å². The fourth-order valence-corrected chi connectivity index (χ4v) is 3.71. The third kappa shape index (κ3) is 8.57. The average Bonchev–Trinajstić information content (AvgIpc) is 2.85. The molecule has 2 amide bonds. The quantitative estimate of drug-likeness (QED) is 0.191. The minimum atomic E-state index is -0.803. The number of rotatable bonds is 13. The third-order valence-corrected chi connectivity index (χ3v) is 6.35. The van der Waals surface area contributed by atoms with Crippen LogP contribution >= 0.6 is 34.8 Å². The second-order valence-corrected chi connectivity index (χ2v) is 9.10. The van der Waals surface area contributed by atoms with E-state index in [1.165, 1.54) is 12.1 Å². The van der Waals surface area contributed by atoms with Crippen LogP contribution in [-0.4, -0.2) is 36.8 Å². The van der Waals surface area contributed by atoms with E-state index in [9.17, 15) is 14.4 Å². The number of benzene rings is 2. The van der Waals surface area contributed by atoms with Crippen molar-refractivity contribution in [2.24, 2.45) is 0 Å². The smallest absolute Gasteiger partial charge is 0.258 e. The SMILES string of the molecule is C=C(CC)C(=O)c1ccc(OCC(=O)N[C@H](Cc2ccc(Cl)cc2)C(=O)NCCCC)c(Cl)c1Cl. The second-order valence-electron chi connectivity index (χ2n) is 7.91. The molecule has 0 spiro atoms. The summed E-state index contributed by atoms with van der Waals surface area (Å²) in [6.45, 7) is 7.68. The number of carbonyl (C=O) groups excluding carboxylic acids is 3. The van der Waals surface area contributed by atoms with Crippen LogP contribution in [0.4, 0.5) is 0 Å².